The van der Waals surface area contributed by atoms with Gasteiger partial charge in [-0.05, 0) is 62.7 Å². The molecule has 2 aromatic carbocycles. The molecule has 0 aliphatic heterocycles. The first-order valence-electron chi connectivity index (χ1n) is 9.30. The average molecular weight is 407 g/mol. The standard InChI is InChI=1S/C22H21N3O3S/c1-12(2)25-22(27)17(11-23-25)20(26)16-9-10-18-19(13(16)3)24-21(29-18)14-5-7-15(28-4)8-6-14/h5-12,23H,1-4H3. The molecular weight excluding hydrogens is 386 g/mol. The van der Waals surface area contributed by atoms with Crippen LogP contribution in [0.4, 0.5) is 0 Å². The van der Waals surface area contributed by atoms with Gasteiger partial charge < -0.3 is 9.84 Å². The Morgan fingerprint density at radius 2 is 1.86 bits per heavy atom. The van der Waals surface area contributed by atoms with Crippen molar-refractivity contribution < 1.29 is 9.53 Å². The Kier molecular flexibility index (Phi) is 4.84. The number of aromatic amines is 1. The van der Waals surface area contributed by atoms with Gasteiger partial charge in [0, 0.05) is 23.4 Å². The van der Waals surface area contributed by atoms with Gasteiger partial charge in [0.1, 0.15) is 16.3 Å². The summed E-state index contributed by atoms with van der Waals surface area (Å²) in [6.07, 6.45) is 1.48. The van der Waals surface area contributed by atoms with Gasteiger partial charge in [0.05, 0.1) is 17.3 Å². The van der Waals surface area contributed by atoms with Gasteiger partial charge in [0.15, 0.2) is 0 Å². The number of fused-ring (bicyclic) bond motifs is 1. The second-order valence-corrected chi connectivity index (χ2v) is 8.15. The fourth-order valence-corrected chi connectivity index (χ4v) is 4.33. The van der Waals surface area contributed by atoms with E-state index < -0.39 is 0 Å². The number of H-pyrrole nitrogens is 1. The zero-order chi connectivity index (χ0) is 20.7. The van der Waals surface area contributed by atoms with Crippen LogP contribution in [0.25, 0.3) is 20.8 Å². The van der Waals surface area contributed by atoms with Crippen LogP contribution in [0.15, 0.2) is 47.4 Å². The van der Waals surface area contributed by atoms with Gasteiger partial charge in [-0.2, -0.15) is 0 Å². The molecule has 0 spiro atoms. The highest BCUT2D eigenvalue weighted by Crippen LogP contribution is 2.34. The van der Waals surface area contributed by atoms with E-state index in [4.69, 9.17) is 9.72 Å². The number of methoxy groups -OCH3 is 1. The number of hydrogen-bond acceptors (Lipinski definition) is 5. The van der Waals surface area contributed by atoms with Crippen molar-refractivity contribution in [2.24, 2.45) is 0 Å². The van der Waals surface area contributed by atoms with Gasteiger partial charge in [-0.3, -0.25) is 14.3 Å². The van der Waals surface area contributed by atoms with E-state index in [1.54, 1.807) is 24.5 Å². The maximum atomic E-state index is 13.0. The van der Waals surface area contributed by atoms with E-state index in [9.17, 15) is 9.59 Å². The summed E-state index contributed by atoms with van der Waals surface area (Å²) in [7, 11) is 1.63. The number of benzene rings is 2. The minimum absolute atomic E-state index is 0.0433. The SMILES string of the molecule is COc1ccc(-c2nc3c(C)c(C(=O)c4c[nH]n(C(C)C)c4=O)ccc3s2)cc1. The summed E-state index contributed by atoms with van der Waals surface area (Å²) in [6.45, 7) is 5.65. The smallest absolute Gasteiger partial charge is 0.277 e. The first-order chi connectivity index (χ1) is 13.9. The molecule has 0 aliphatic carbocycles. The third kappa shape index (κ3) is 3.27. The highest BCUT2D eigenvalue weighted by Gasteiger charge is 2.21. The molecule has 29 heavy (non-hydrogen) atoms. The highest BCUT2D eigenvalue weighted by molar-refractivity contribution is 7.21. The number of carbonyl (C=O) groups is 1. The van der Waals surface area contributed by atoms with Crippen molar-refractivity contribution in [2.75, 3.05) is 7.11 Å². The molecule has 2 aromatic heterocycles. The average Bonchev–Trinajstić information content (AvgIpc) is 3.32. The molecule has 0 unspecified atom stereocenters. The molecule has 148 valence electrons. The molecule has 7 heteroatoms. The Balaban J connectivity index is 1.76. The van der Waals surface area contributed by atoms with Gasteiger partial charge in [0.2, 0.25) is 5.78 Å². The molecule has 6 nitrogen and oxygen atoms in total. The number of ketones is 1. The van der Waals surface area contributed by atoms with Crippen molar-refractivity contribution in [3.05, 3.63) is 69.6 Å². The summed E-state index contributed by atoms with van der Waals surface area (Å²) < 4.78 is 7.66. The Bertz CT molecular complexity index is 1260. The van der Waals surface area contributed by atoms with Crippen molar-refractivity contribution in [1.29, 1.82) is 0 Å². The van der Waals surface area contributed by atoms with Crippen molar-refractivity contribution >= 4 is 27.3 Å². The van der Waals surface area contributed by atoms with Gasteiger partial charge in [-0.1, -0.05) is 0 Å². The predicted molar refractivity (Wildman–Crippen MR) is 115 cm³/mol. The number of thiazole rings is 1. The quantitative estimate of drug-likeness (QED) is 0.491. The minimum Gasteiger partial charge on any atom is -0.497 e. The topological polar surface area (TPSA) is 77.0 Å². The number of ether oxygens (including phenoxy) is 1. The van der Waals surface area contributed by atoms with E-state index in [2.05, 4.69) is 5.10 Å². The summed E-state index contributed by atoms with van der Waals surface area (Å²) in [6, 6.07) is 11.4. The largest absolute Gasteiger partial charge is 0.497 e. The van der Waals surface area contributed by atoms with Crippen LogP contribution in [0.5, 0.6) is 5.75 Å². The van der Waals surface area contributed by atoms with Crippen molar-refractivity contribution in [3.63, 3.8) is 0 Å². The Hall–Kier alpha value is -3.19. The number of aromatic nitrogens is 3. The van der Waals surface area contributed by atoms with E-state index >= 15 is 0 Å². The minimum atomic E-state index is -0.304. The lowest BCUT2D eigenvalue weighted by Crippen LogP contribution is -2.23. The molecule has 0 fully saturated rings. The van der Waals surface area contributed by atoms with E-state index in [0.29, 0.717) is 5.56 Å². The molecule has 0 amide bonds. The van der Waals surface area contributed by atoms with Crippen LogP contribution in [-0.4, -0.2) is 27.7 Å². The second-order valence-electron chi connectivity index (χ2n) is 7.12. The summed E-state index contributed by atoms with van der Waals surface area (Å²) in [5, 5.41) is 3.75. The normalized spacial score (nSPS) is 11.3. The third-order valence-electron chi connectivity index (χ3n) is 4.95. The molecular formula is C22H21N3O3S. The third-order valence-corrected chi connectivity index (χ3v) is 6.02. The number of carbonyl (C=O) groups excluding carboxylic acids is 1. The fraction of sp³-hybridized carbons (Fsp3) is 0.227. The van der Waals surface area contributed by atoms with Gasteiger partial charge >= 0.3 is 0 Å². The number of nitrogens with one attached hydrogen (secondary N) is 1. The molecule has 0 atom stereocenters. The summed E-state index contributed by atoms with van der Waals surface area (Å²) in [5.41, 5.74) is 2.89. The van der Waals surface area contributed by atoms with Crippen LogP contribution in [0, 0.1) is 6.92 Å². The Morgan fingerprint density at radius 1 is 1.14 bits per heavy atom. The van der Waals surface area contributed by atoms with Crippen LogP contribution in [0.3, 0.4) is 0 Å². The van der Waals surface area contributed by atoms with Crippen LogP contribution < -0.4 is 10.3 Å². The molecule has 0 radical (unpaired) electrons. The maximum Gasteiger partial charge on any atom is 0.277 e. The maximum absolute atomic E-state index is 13.0. The van der Waals surface area contributed by atoms with Crippen molar-refractivity contribution in [3.8, 4) is 16.3 Å². The molecule has 1 N–H and O–H groups in total. The summed E-state index contributed by atoms with van der Waals surface area (Å²) in [5.74, 6) is 0.501. The predicted octanol–water partition coefficient (Wildman–Crippen LogP) is 4.58. The zero-order valence-electron chi connectivity index (χ0n) is 16.6. The van der Waals surface area contributed by atoms with E-state index in [1.807, 2.05) is 51.1 Å². The number of rotatable bonds is 5. The fourth-order valence-electron chi connectivity index (χ4n) is 3.30. The van der Waals surface area contributed by atoms with Crippen LogP contribution in [-0.2, 0) is 0 Å². The molecule has 0 saturated carbocycles. The molecule has 0 bridgehead atoms. The van der Waals surface area contributed by atoms with Gasteiger partial charge in [-0.15, -0.1) is 11.3 Å². The van der Waals surface area contributed by atoms with Gasteiger partial charge in [-0.25, -0.2) is 4.98 Å². The lowest BCUT2D eigenvalue weighted by atomic mass is 10.0. The molecule has 2 heterocycles. The van der Waals surface area contributed by atoms with E-state index in [0.717, 1.165) is 32.1 Å². The molecule has 4 aromatic rings. The monoisotopic (exact) mass is 407 g/mol. The summed E-state index contributed by atoms with van der Waals surface area (Å²) >= 11 is 1.57. The molecule has 4 rings (SSSR count). The highest BCUT2D eigenvalue weighted by atomic mass is 32.1. The Morgan fingerprint density at radius 3 is 2.48 bits per heavy atom. The van der Waals surface area contributed by atoms with Crippen LogP contribution >= 0.6 is 11.3 Å². The second kappa shape index (κ2) is 7.33. The first-order valence-corrected chi connectivity index (χ1v) is 10.1. The van der Waals surface area contributed by atoms with Gasteiger partial charge in [0.25, 0.3) is 5.56 Å². The number of aryl methyl sites for hydroxylation is 1. The van der Waals surface area contributed by atoms with Crippen molar-refractivity contribution in [1.82, 2.24) is 14.8 Å². The Labute approximate surface area is 171 Å². The zero-order valence-corrected chi connectivity index (χ0v) is 17.5. The molecule has 0 saturated heterocycles. The summed E-state index contributed by atoms with van der Waals surface area (Å²) in [4.78, 5) is 30.3. The van der Waals surface area contributed by atoms with Crippen molar-refractivity contribution in [2.45, 2.75) is 26.8 Å². The van der Waals surface area contributed by atoms with Crippen LogP contribution in [0.1, 0.15) is 41.4 Å². The lowest BCUT2D eigenvalue weighted by Gasteiger charge is -2.05. The van der Waals surface area contributed by atoms with E-state index in [1.165, 1.54) is 10.9 Å². The first kappa shape index (κ1) is 19.1. The number of hydrogen-bond donors (Lipinski definition) is 1. The molecule has 0 aliphatic rings. The lowest BCUT2D eigenvalue weighted by molar-refractivity contribution is 0.103. The van der Waals surface area contributed by atoms with Crippen LogP contribution in [0.2, 0.25) is 0 Å². The number of nitrogens with zero attached hydrogens (tertiary/aromatic N) is 2. The van der Waals surface area contributed by atoms with E-state index in [-0.39, 0.29) is 22.9 Å².